The summed E-state index contributed by atoms with van der Waals surface area (Å²) < 4.78 is 5.44. The smallest absolute Gasteiger partial charge is 0.336 e. The van der Waals surface area contributed by atoms with E-state index in [4.69, 9.17) is 4.74 Å². The van der Waals surface area contributed by atoms with E-state index in [2.05, 4.69) is 21.2 Å². The van der Waals surface area contributed by atoms with Crippen LogP contribution in [0.5, 0.6) is 6.01 Å². The quantitative estimate of drug-likeness (QED) is 0.786. The number of hydrogen-bond donors (Lipinski definition) is 0. The molecule has 0 bridgehead atoms. The maximum atomic E-state index is 5.44. The van der Waals surface area contributed by atoms with Crippen molar-refractivity contribution in [2.45, 2.75) is 20.5 Å². The summed E-state index contributed by atoms with van der Waals surface area (Å²) in [4.78, 5) is 4.11. The molecule has 0 saturated carbocycles. The Bertz CT molecular complexity index is 440. The molecule has 0 aliphatic rings. The van der Waals surface area contributed by atoms with Gasteiger partial charge < -0.3 is 4.74 Å². The lowest BCUT2D eigenvalue weighted by atomic mass is 10.1. The summed E-state index contributed by atoms with van der Waals surface area (Å²) in [6, 6.07) is 8.46. The molecule has 0 fully saturated rings. The van der Waals surface area contributed by atoms with Gasteiger partial charge in [-0.2, -0.15) is 10.1 Å². The van der Waals surface area contributed by atoms with Gasteiger partial charge in [-0.1, -0.05) is 34.9 Å². The van der Waals surface area contributed by atoms with E-state index in [1.807, 2.05) is 32.0 Å². The number of rotatable bonds is 3. The summed E-state index contributed by atoms with van der Waals surface area (Å²) in [5, 5.41) is 7.57. The van der Waals surface area contributed by atoms with Crippen LogP contribution in [0.15, 0.2) is 30.5 Å². The van der Waals surface area contributed by atoms with Crippen molar-refractivity contribution in [3.05, 3.63) is 47.3 Å². The maximum absolute atomic E-state index is 5.44. The highest BCUT2D eigenvalue weighted by molar-refractivity contribution is 5.21. The van der Waals surface area contributed by atoms with Gasteiger partial charge in [0.2, 0.25) is 0 Å². The molecule has 0 atom stereocenters. The molecule has 4 nitrogen and oxygen atoms in total. The van der Waals surface area contributed by atoms with E-state index in [-0.39, 0.29) is 0 Å². The van der Waals surface area contributed by atoms with E-state index in [0.29, 0.717) is 12.6 Å². The first-order valence-electron chi connectivity index (χ1n) is 5.09. The lowest BCUT2D eigenvalue weighted by molar-refractivity contribution is 0.275. The van der Waals surface area contributed by atoms with Gasteiger partial charge in [-0.15, -0.1) is 0 Å². The SMILES string of the molecule is Cc1cccc(COc2nncc(C)n2)c1. The van der Waals surface area contributed by atoms with Crippen molar-refractivity contribution in [3.8, 4) is 6.01 Å². The van der Waals surface area contributed by atoms with Crippen molar-refractivity contribution in [3.63, 3.8) is 0 Å². The van der Waals surface area contributed by atoms with Crippen molar-refractivity contribution >= 4 is 0 Å². The Morgan fingerprint density at radius 2 is 2.12 bits per heavy atom. The fourth-order valence-electron chi connectivity index (χ4n) is 1.37. The van der Waals surface area contributed by atoms with E-state index in [1.165, 1.54) is 5.56 Å². The number of aryl methyl sites for hydroxylation is 2. The van der Waals surface area contributed by atoms with Crippen LogP contribution >= 0.6 is 0 Å². The standard InChI is InChI=1S/C12H13N3O/c1-9-4-3-5-11(6-9)8-16-12-14-10(2)7-13-15-12/h3-7H,8H2,1-2H3. The zero-order valence-corrected chi connectivity index (χ0v) is 9.34. The number of hydrogen-bond acceptors (Lipinski definition) is 4. The zero-order valence-electron chi connectivity index (χ0n) is 9.34. The number of ether oxygens (including phenoxy) is 1. The van der Waals surface area contributed by atoms with E-state index >= 15 is 0 Å². The van der Waals surface area contributed by atoms with Gasteiger partial charge >= 0.3 is 6.01 Å². The van der Waals surface area contributed by atoms with Crippen LogP contribution in [0.25, 0.3) is 0 Å². The van der Waals surface area contributed by atoms with Crippen LogP contribution in [0, 0.1) is 13.8 Å². The van der Waals surface area contributed by atoms with Gasteiger partial charge in [0.05, 0.1) is 11.9 Å². The van der Waals surface area contributed by atoms with Gasteiger partial charge in [0.25, 0.3) is 0 Å². The van der Waals surface area contributed by atoms with Crippen molar-refractivity contribution in [2.24, 2.45) is 0 Å². The van der Waals surface area contributed by atoms with Gasteiger partial charge in [0, 0.05) is 0 Å². The van der Waals surface area contributed by atoms with Crippen LogP contribution in [0.2, 0.25) is 0 Å². The molecule has 16 heavy (non-hydrogen) atoms. The molecule has 0 aliphatic carbocycles. The van der Waals surface area contributed by atoms with Crippen LogP contribution in [0.4, 0.5) is 0 Å². The lowest BCUT2D eigenvalue weighted by Gasteiger charge is -2.04. The second-order valence-corrected chi connectivity index (χ2v) is 3.66. The average Bonchev–Trinajstić information content (AvgIpc) is 2.27. The number of nitrogens with zero attached hydrogens (tertiary/aromatic N) is 3. The summed E-state index contributed by atoms with van der Waals surface area (Å²) >= 11 is 0. The predicted octanol–water partition coefficient (Wildman–Crippen LogP) is 2.07. The lowest BCUT2D eigenvalue weighted by Crippen LogP contribution is -2.01. The fourth-order valence-corrected chi connectivity index (χ4v) is 1.37. The van der Waals surface area contributed by atoms with Gasteiger partial charge in [-0.3, -0.25) is 0 Å². The predicted molar refractivity (Wildman–Crippen MR) is 60.1 cm³/mol. The number of benzene rings is 1. The molecule has 4 heteroatoms. The highest BCUT2D eigenvalue weighted by Crippen LogP contribution is 2.07. The first kappa shape index (κ1) is 10.5. The van der Waals surface area contributed by atoms with Crippen LogP contribution in [0.1, 0.15) is 16.8 Å². The van der Waals surface area contributed by atoms with E-state index < -0.39 is 0 Å². The minimum Gasteiger partial charge on any atom is -0.458 e. The minimum atomic E-state index is 0.321. The van der Waals surface area contributed by atoms with Crippen molar-refractivity contribution < 1.29 is 4.74 Å². The first-order chi connectivity index (χ1) is 7.74. The average molecular weight is 215 g/mol. The van der Waals surface area contributed by atoms with Crippen LogP contribution in [-0.4, -0.2) is 15.2 Å². The van der Waals surface area contributed by atoms with Crippen LogP contribution < -0.4 is 4.74 Å². The summed E-state index contributed by atoms with van der Waals surface area (Å²) in [5.41, 5.74) is 3.11. The summed E-state index contributed by atoms with van der Waals surface area (Å²) in [7, 11) is 0. The third-order valence-corrected chi connectivity index (χ3v) is 2.11. The molecule has 1 aromatic heterocycles. The topological polar surface area (TPSA) is 47.9 Å². The molecule has 0 unspecified atom stereocenters. The summed E-state index contributed by atoms with van der Waals surface area (Å²) in [6.45, 7) is 4.37. The molecule has 0 aliphatic heterocycles. The molecule has 2 aromatic rings. The van der Waals surface area contributed by atoms with E-state index in [9.17, 15) is 0 Å². The van der Waals surface area contributed by atoms with Crippen molar-refractivity contribution in [1.29, 1.82) is 0 Å². The number of aromatic nitrogens is 3. The Kier molecular flexibility index (Phi) is 3.10. The molecule has 1 heterocycles. The minimum absolute atomic E-state index is 0.321. The van der Waals surface area contributed by atoms with Gasteiger partial charge in [0.1, 0.15) is 6.61 Å². The second-order valence-electron chi connectivity index (χ2n) is 3.66. The van der Waals surface area contributed by atoms with Crippen LogP contribution in [0.3, 0.4) is 0 Å². The Balaban J connectivity index is 2.02. The Hall–Kier alpha value is -1.97. The largest absolute Gasteiger partial charge is 0.458 e. The van der Waals surface area contributed by atoms with E-state index in [1.54, 1.807) is 6.20 Å². The normalized spacial score (nSPS) is 10.1. The van der Waals surface area contributed by atoms with Crippen LogP contribution in [-0.2, 0) is 6.61 Å². The first-order valence-corrected chi connectivity index (χ1v) is 5.09. The molecule has 0 spiro atoms. The summed E-state index contributed by atoms with van der Waals surface area (Å²) in [6.07, 6.45) is 1.60. The molecule has 0 saturated heterocycles. The molecule has 82 valence electrons. The van der Waals surface area contributed by atoms with Gasteiger partial charge in [-0.05, 0) is 19.4 Å². The third-order valence-electron chi connectivity index (χ3n) is 2.11. The molecule has 2 rings (SSSR count). The van der Waals surface area contributed by atoms with Gasteiger partial charge in [0.15, 0.2) is 0 Å². The molecular formula is C12H13N3O. The van der Waals surface area contributed by atoms with E-state index in [0.717, 1.165) is 11.3 Å². The van der Waals surface area contributed by atoms with Crippen molar-refractivity contribution in [2.75, 3.05) is 0 Å². The highest BCUT2D eigenvalue weighted by atomic mass is 16.5. The Morgan fingerprint density at radius 3 is 2.88 bits per heavy atom. The Labute approximate surface area is 94.3 Å². The Morgan fingerprint density at radius 1 is 1.25 bits per heavy atom. The second kappa shape index (κ2) is 4.70. The molecule has 0 amide bonds. The van der Waals surface area contributed by atoms with Crippen molar-refractivity contribution in [1.82, 2.24) is 15.2 Å². The van der Waals surface area contributed by atoms with Gasteiger partial charge in [-0.25, -0.2) is 0 Å². The summed E-state index contributed by atoms with van der Waals surface area (Å²) in [5.74, 6) is 0. The molecular weight excluding hydrogens is 202 g/mol. The fraction of sp³-hybridized carbons (Fsp3) is 0.250. The zero-order chi connectivity index (χ0) is 11.4. The molecule has 1 aromatic carbocycles. The molecule has 0 radical (unpaired) electrons. The highest BCUT2D eigenvalue weighted by Gasteiger charge is 1.99. The third kappa shape index (κ3) is 2.76. The molecule has 0 N–H and O–H groups in total. The maximum Gasteiger partial charge on any atom is 0.336 e. The monoisotopic (exact) mass is 215 g/mol.